The molecular formula is C24H20N2O2. The Balaban J connectivity index is 1.85. The molecule has 0 spiro atoms. The standard InChI is InChI=1S/C24H20N2O2/c1-16(27)22-5-3-4-6-23(22)20-10-8-18-7-9-19-11-12-25-14-24(19)26(17(2)28)15-21(18)13-20/h3-14H,15H2,1-2H3/b9-7-. The summed E-state index contributed by atoms with van der Waals surface area (Å²) >= 11 is 0. The van der Waals surface area contributed by atoms with E-state index in [1.807, 2.05) is 48.5 Å². The van der Waals surface area contributed by atoms with E-state index in [1.165, 1.54) is 0 Å². The van der Waals surface area contributed by atoms with Gasteiger partial charge in [0.2, 0.25) is 5.91 Å². The van der Waals surface area contributed by atoms with E-state index in [1.54, 1.807) is 31.1 Å². The van der Waals surface area contributed by atoms with E-state index < -0.39 is 0 Å². The molecule has 28 heavy (non-hydrogen) atoms. The Morgan fingerprint density at radius 2 is 1.75 bits per heavy atom. The number of pyridine rings is 1. The molecule has 0 saturated heterocycles. The molecule has 0 fully saturated rings. The molecule has 0 atom stereocenters. The third kappa shape index (κ3) is 3.25. The van der Waals surface area contributed by atoms with Crippen molar-refractivity contribution in [2.24, 2.45) is 0 Å². The van der Waals surface area contributed by atoms with Gasteiger partial charge in [0.25, 0.3) is 0 Å². The van der Waals surface area contributed by atoms with Crippen LogP contribution in [0.25, 0.3) is 23.3 Å². The van der Waals surface area contributed by atoms with Crippen LogP contribution in [0.3, 0.4) is 0 Å². The first-order valence-corrected chi connectivity index (χ1v) is 9.18. The van der Waals surface area contributed by atoms with Gasteiger partial charge in [0.05, 0.1) is 18.4 Å². The maximum atomic E-state index is 12.4. The van der Waals surface area contributed by atoms with Crippen LogP contribution in [0.15, 0.2) is 60.9 Å². The van der Waals surface area contributed by atoms with Gasteiger partial charge in [0.15, 0.2) is 5.78 Å². The van der Waals surface area contributed by atoms with E-state index in [0.29, 0.717) is 12.1 Å². The van der Waals surface area contributed by atoms with Gasteiger partial charge < -0.3 is 4.90 Å². The van der Waals surface area contributed by atoms with E-state index in [-0.39, 0.29) is 11.7 Å². The van der Waals surface area contributed by atoms with Gasteiger partial charge in [-0.25, -0.2) is 0 Å². The zero-order valence-corrected chi connectivity index (χ0v) is 15.8. The van der Waals surface area contributed by atoms with Crippen molar-refractivity contribution in [1.82, 2.24) is 4.98 Å². The second kappa shape index (κ2) is 7.24. The predicted molar refractivity (Wildman–Crippen MR) is 112 cm³/mol. The minimum Gasteiger partial charge on any atom is -0.306 e. The Kier molecular flexibility index (Phi) is 4.62. The highest BCUT2D eigenvalue weighted by Gasteiger charge is 2.19. The van der Waals surface area contributed by atoms with Crippen LogP contribution in [0.2, 0.25) is 0 Å². The lowest BCUT2D eigenvalue weighted by Crippen LogP contribution is -2.29. The van der Waals surface area contributed by atoms with Crippen molar-refractivity contribution in [3.63, 3.8) is 0 Å². The van der Waals surface area contributed by atoms with E-state index >= 15 is 0 Å². The van der Waals surface area contributed by atoms with Crippen molar-refractivity contribution in [2.45, 2.75) is 20.4 Å². The summed E-state index contributed by atoms with van der Waals surface area (Å²) in [5.41, 5.74) is 6.40. The smallest absolute Gasteiger partial charge is 0.224 e. The molecule has 4 nitrogen and oxygen atoms in total. The number of rotatable bonds is 2. The van der Waals surface area contributed by atoms with Crippen molar-refractivity contribution in [1.29, 1.82) is 0 Å². The SMILES string of the molecule is CC(=O)c1ccccc1-c1ccc2c(c1)CN(C(C)=O)c1cnccc1/C=C\2. The van der Waals surface area contributed by atoms with Crippen molar-refractivity contribution >= 4 is 29.5 Å². The van der Waals surface area contributed by atoms with Crippen LogP contribution in [0.4, 0.5) is 5.69 Å². The van der Waals surface area contributed by atoms with E-state index in [0.717, 1.165) is 33.5 Å². The van der Waals surface area contributed by atoms with Crippen LogP contribution in [-0.2, 0) is 11.3 Å². The first-order valence-electron chi connectivity index (χ1n) is 9.18. The molecule has 3 aromatic rings. The molecule has 4 heteroatoms. The van der Waals surface area contributed by atoms with Crippen molar-refractivity contribution in [2.75, 3.05) is 4.90 Å². The molecule has 138 valence electrons. The maximum absolute atomic E-state index is 12.4. The Bertz CT molecular complexity index is 1120. The third-order valence-electron chi connectivity index (χ3n) is 5.03. The number of ketones is 1. The minimum absolute atomic E-state index is 0.0348. The highest BCUT2D eigenvalue weighted by Crippen LogP contribution is 2.32. The Labute approximate surface area is 164 Å². The lowest BCUT2D eigenvalue weighted by molar-refractivity contribution is -0.116. The molecule has 1 aliphatic heterocycles. The normalized spacial score (nSPS) is 13.7. The molecule has 2 heterocycles. The van der Waals surface area contributed by atoms with Crippen LogP contribution in [0.5, 0.6) is 0 Å². The highest BCUT2D eigenvalue weighted by molar-refractivity contribution is 6.01. The Hall–Kier alpha value is -3.53. The predicted octanol–water partition coefficient (Wildman–Crippen LogP) is 4.99. The molecule has 0 unspecified atom stereocenters. The molecule has 1 aliphatic rings. The largest absolute Gasteiger partial charge is 0.306 e. The first kappa shape index (κ1) is 17.9. The summed E-state index contributed by atoms with van der Waals surface area (Å²) in [5, 5.41) is 0. The number of carbonyl (C=O) groups excluding carboxylic acids is 2. The summed E-state index contributed by atoms with van der Waals surface area (Å²) < 4.78 is 0. The first-order chi connectivity index (χ1) is 13.5. The topological polar surface area (TPSA) is 50.3 Å². The maximum Gasteiger partial charge on any atom is 0.224 e. The quantitative estimate of drug-likeness (QED) is 0.599. The molecule has 0 bridgehead atoms. The number of benzene rings is 2. The fraction of sp³-hybridized carbons (Fsp3) is 0.125. The highest BCUT2D eigenvalue weighted by atomic mass is 16.2. The van der Waals surface area contributed by atoms with Crippen molar-refractivity contribution in [3.8, 4) is 11.1 Å². The van der Waals surface area contributed by atoms with Gasteiger partial charge in [0, 0.05) is 24.2 Å². The number of aromatic nitrogens is 1. The number of nitrogens with zero attached hydrogens (tertiary/aromatic N) is 2. The Morgan fingerprint density at radius 1 is 0.964 bits per heavy atom. The molecular weight excluding hydrogens is 348 g/mol. The summed E-state index contributed by atoms with van der Waals surface area (Å²) in [6.07, 6.45) is 7.52. The van der Waals surface area contributed by atoms with Gasteiger partial charge in [-0.05, 0) is 41.3 Å². The van der Waals surface area contributed by atoms with Gasteiger partial charge in [-0.1, -0.05) is 48.6 Å². The molecule has 0 saturated carbocycles. The number of amides is 1. The van der Waals surface area contributed by atoms with Crippen LogP contribution in [0.1, 0.15) is 40.9 Å². The summed E-state index contributed by atoms with van der Waals surface area (Å²) in [6, 6.07) is 15.7. The summed E-state index contributed by atoms with van der Waals surface area (Å²) in [6.45, 7) is 3.59. The lowest BCUT2D eigenvalue weighted by atomic mass is 9.93. The van der Waals surface area contributed by atoms with Crippen molar-refractivity contribution in [3.05, 3.63) is 83.2 Å². The summed E-state index contributed by atoms with van der Waals surface area (Å²) in [4.78, 5) is 30.3. The third-order valence-corrected chi connectivity index (χ3v) is 5.03. The van der Waals surface area contributed by atoms with Gasteiger partial charge in [0.1, 0.15) is 0 Å². The number of hydrogen-bond acceptors (Lipinski definition) is 3. The fourth-order valence-corrected chi connectivity index (χ4v) is 3.59. The Morgan fingerprint density at radius 3 is 2.54 bits per heavy atom. The zero-order valence-electron chi connectivity index (χ0n) is 15.8. The van der Waals surface area contributed by atoms with Gasteiger partial charge in [-0.2, -0.15) is 0 Å². The number of fused-ring (bicyclic) bond motifs is 2. The zero-order chi connectivity index (χ0) is 19.7. The second-order valence-electron chi connectivity index (χ2n) is 6.89. The van der Waals surface area contributed by atoms with E-state index in [4.69, 9.17) is 0 Å². The molecule has 1 amide bonds. The van der Waals surface area contributed by atoms with Crippen LogP contribution < -0.4 is 4.90 Å². The number of Topliss-reactive ketones (excluding diaryl/α,β-unsaturated/α-hetero) is 1. The molecule has 4 rings (SSSR count). The average molecular weight is 368 g/mol. The molecule has 0 N–H and O–H groups in total. The number of anilines is 1. The number of carbonyl (C=O) groups is 2. The minimum atomic E-state index is -0.0370. The lowest BCUT2D eigenvalue weighted by Gasteiger charge is -2.25. The van der Waals surface area contributed by atoms with E-state index in [9.17, 15) is 9.59 Å². The van der Waals surface area contributed by atoms with Gasteiger partial charge in [-0.15, -0.1) is 0 Å². The fourth-order valence-electron chi connectivity index (χ4n) is 3.59. The van der Waals surface area contributed by atoms with Crippen molar-refractivity contribution < 1.29 is 9.59 Å². The van der Waals surface area contributed by atoms with E-state index in [2.05, 4.69) is 17.1 Å². The molecule has 1 aromatic heterocycles. The molecule has 0 aliphatic carbocycles. The van der Waals surface area contributed by atoms with Crippen LogP contribution >= 0.6 is 0 Å². The average Bonchev–Trinajstić information content (AvgIpc) is 2.69. The summed E-state index contributed by atoms with van der Waals surface area (Å²) in [5.74, 6) is -0.00218. The molecule has 2 aromatic carbocycles. The van der Waals surface area contributed by atoms with Crippen LogP contribution in [0, 0.1) is 0 Å². The molecule has 0 radical (unpaired) electrons. The van der Waals surface area contributed by atoms with Gasteiger partial charge in [-0.3, -0.25) is 14.6 Å². The van der Waals surface area contributed by atoms with Crippen LogP contribution in [-0.4, -0.2) is 16.7 Å². The monoisotopic (exact) mass is 368 g/mol. The number of hydrogen-bond donors (Lipinski definition) is 0. The summed E-state index contributed by atoms with van der Waals surface area (Å²) in [7, 11) is 0. The van der Waals surface area contributed by atoms with Gasteiger partial charge >= 0.3 is 0 Å². The second-order valence-corrected chi connectivity index (χ2v) is 6.89.